The Bertz CT molecular complexity index is 622. The Morgan fingerprint density at radius 2 is 1.79 bits per heavy atom. The van der Waals surface area contributed by atoms with E-state index >= 15 is 0 Å². The van der Waals surface area contributed by atoms with Crippen LogP contribution in [0.15, 0.2) is 42.7 Å². The molecule has 2 rings (SSSR count). The quantitative estimate of drug-likeness (QED) is 0.617. The van der Waals surface area contributed by atoms with E-state index in [2.05, 4.69) is 4.98 Å². The third-order valence-corrected chi connectivity index (χ3v) is 2.42. The molecule has 0 aliphatic heterocycles. The maximum absolute atomic E-state index is 12.9. The number of ketones is 1. The maximum atomic E-state index is 12.9. The van der Waals surface area contributed by atoms with E-state index in [1.54, 1.807) is 0 Å². The normalized spacial score (nSPS) is 11.4. The molecule has 98 valence electrons. The van der Waals surface area contributed by atoms with Crippen LogP contribution in [0.3, 0.4) is 0 Å². The Kier molecular flexibility index (Phi) is 3.33. The lowest BCUT2D eigenvalue weighted by atomic mass is 10.0. The van der Waals surface area contributed by atoms with E-state index in [9.17, 15) is 22.4 Å². The summed E-state index contributed by atoms with van der Waals surface area (Å²) in [7, 11) is 0. The van der Waals surface area contributed by atoms with Crippen LogP contribution in [-0.4, -0.2) is 10.8 Å². The Labute approximate surface area is 105 Å². The molecule has 1 aromatic carbocycles. The number of halogens is 4. The SMILES string of the molecule is O=C(c1cncc(F)c1)c1cccc(C(F)(F)F)c1. The zero-order chi connectivity index (χ0) is 14.0. The molecule has 2 aromatic rings. The van der Waals surface area contributed by atoms with E-state index in [1.807, 2.05) is 0 Å². The summed E-state index contributed by atoms with van der Waals surface area (Å²) < 4.78 is 50.5. The molecule has 0 aliphatic rings. The van der Waals surface area contributed by atoms with Gasteiger partial charge >= 0.3 is 6.18 Å². The highest BCUT2D eigenvalue weighted by Crippen LogP contribution is 2.29. The summed E-state index contributed by atoms with van der Waals surface area (Å²) in [6.45, 7) is 0. The predicted octanol–water partition coefficient (Wildman–Crippen LogP) is 3.47. The molecule has 1 aromatic heterocycles. The van der Waals surface area contributed by atoms with Gasteiger partial charge in [0.15, 0.2) is 5.78 Å². The van der Waals surface area contributed by atoms with Crippen LogP contribution in [0.2, 0.25) is 0 Å². The number of hydrogen-bond donors (Lipinski definition) is 0. The molecule has 0 saturated carbocycles. The van der Waals surface area contributed by atoms with Crippen molar-refractivity contribution in [3.63, 3.8) is 0 Å². The Hall–Kier alpha value is -2.24. The molecule has 0 radical (unpaired) electrons. The summed E-state index contributed by atoms with van der Waals surface area (Å²) in [6.07, 6.45) is -2.52. The molecule has 0 N–H and O–H groups in total. The van der Waals surface area contributed by atoms with Crippen molar-refractivity contribution in [2.45, 2.75) is 6.18 Å². The van der Waals surface area contributed by atoms with Gasteiger partial charge in [-0.05, 0) is 18.2 Å². The lowest BCUT2D eigenvalue weighted by molar-refractivity contribution is -0.137. The van der Waals surface area contributed by atoms with Gasteiger partial charge in [-0.15, -0.1) is 0 Å². The van der Waals surface area contributed by atoms with Crippen LogP contribution in [0.5, 0.6) is 0 Å². The van der Waals surface area contributed by atoms with Crippen molar-refractivity contribution in [2.75, 3.05) is 0 Å². The molecule has 0 fully saturated rings. The van der Waals surface area contributed by atoms with Crippen LogP contribution in [0.4, 0.5) is 17.6 Å². The summed E-state index contributed by atoms with van der Waals surface area (Å²) in [5.41, 5.74) is -1.19. The van der Waals surface area contributed by atoms with Gasteiger partial charge in [-0.1, -0.05) is 12.1 Å². The van der Waals surface area contributed by atoms with Gasteiger partial charge in [0.2, 0.25) is 0 Å². The molecule has 0 spiro atoms. The van der Waals surface area contributed by atoms with Crippen molar-refractivity contribution in [1.82, 2.24) is 4.98 Å². The second-order valence-electron chi connectivity index (χ2n) is 3.80. The number of carbonyl (C=O) groups is 1. The summed E-state index contributed by atoms with van der Waals surface area (Å²) >= 11 is 0. The minimum absolute atomic E-state index is 0.0978. The molecular formula is C13H7F4NO. The largest absolute Gasteiger partial charge is 0.416 e. The minimum atomic E-state index is -4.53. The molecule has 2 nitrogen and oxygen atoms in total. The highest BCUT2D eigenvalue weighted by Gasteiger charge is 2.30. The van der Waals surface area contributed by atoms with Crippen LogP contribution in [0.25, 0.3) is 0 Å². The fourth-order valence-corrected chi connectivity index (χ4v) is 1.54. The first-order valence-corrected chi connectivity index (χ1v) is 5.20. The van der Waals surface area contributed by atoms with Crippen molar-refractivity contribution in [3.8, 4) is 0 Å². The van der Waals surface area contributed by atoms with Crippen LogP contribution in [-0.2, 0) is 6.18 Å². The minimum Gasteiger partial charge on any atom is -0.289 e. The molecule has 0 atom stereocenters. The lowest BCUT2D eigenvalue weighted by Crippen LogP contribution is -2.08. The number of nitrogens with zero attached hydrogens (tertiary/aromatic N) is 1. The fourth-order valence-electron chi connectivity index (χ4n) is 1.54. The van der Waals surface area contributed by atoms with E-state index in [0.717, 1.165) is 36.7 Å². The van der Waals surface area contributed by atoms with Crippen LogP contribution >= 0.6 is 0 Å². The maximum Gasteiger partial charge on any atom is 0.416 e. The van der Waals surface area contributed by atoms with Crippen molar-refractivity contribution < 1.29 is 22.4 Å². The summed E-state index contributed by atoms with van der Waals surface area (Å²) in [4.78, 5) is 15.4. The Morgan fingerprint density at radius 1 is 1.05 bits per heavy atom. The van der Waals surface area contributed by atoms with E-state index in [4.69, 9.17) is 0 Å². The molecule has 0 saturated heterocycles. The zero-order valence-electron chi connectivity index (χ0n) is 9.41. The van der Waals surface area contributed by atoms with Gasteiger partial charge in [-0.2, -0.15) is 13.2 Å². The van der Waals surface area contributed by atoms with Gasteiger partial charge in [-0.3, -0.25) is 9.78 Å². The van der Waals surface area contributed by atoms with Gasteiger partial charge in [0.05, 0.1) is 11.8 Å². The molecule has 19 heavy (non-hydrogen) atoms. The number of benzene rings is 1. The third kappa shape index (κ3) is 2.96. The van der Waals surface area contributed by atoms with E-state index in [0.29, 0.717) is 0 Å². The molecule has 1 heterocycles. The first-order chi connectivity index (χ1) is 8.88. The summed E-state index contributed by atoms with van der Waals surface area (Å²) in [6, 6.07) is 4.88. The zero-order valence-corrected chi connectivity index (χ0v) is 9.41. The van der Waals surface area contributed by atoms with Gasteiger partial charge < -0.3 is 0 Å². The average molecular weight is 269 g/mol. The number of aromatic nitrogens is 1. The second kappa shape index (κ2) is 4.79. The van der Waals surface area contributed by atoms with E-state index in [1.165, 1.54) is 6.07 Å². The molecule has 0 amide bonds. The Morgan fingerprint density at radius 3 is 2.42 bits per heavy atom. The van der Waals surface area contributed by atoms with E-state index < -0.39 is 23.3 Å². The second-order valence-corrected chi connectivity index (χ2v) is 3.80. The van der Waals surface area contributed by atoms with Crippen molar-refractivity contribution >= 4 is 5.78 Å². The third-order valence-electron chi connectivity index (χ3n) is 2.42. The van der Waals surface area contributed by atoms with Crippen LogP contribution < -0.4 is 0 Å². The van der Waals surface area contributed by atoms with Crippen molar-refractivity contribution in [1.29, 1.82) is 0 Å². The van der Waals surface area contributed by atoms with Gasteiger partial charge in [0, 0.05) is 17.3 Å². The fraction of sp³-hybridized carbons (Fsp3) is 0.0769. The highest BCUT2D eigenvalue weighted by atomic mass is 19.4. The molecule has 6 heteroatoms. The first kappa shape index (κ1) is 13.2. The smallest absolute Gasteiger partial charge is 0.289 e. The standard InChI is InChI=1S/C13H7F4NO/c14-11-5-9(6-18-7-11)12(19)8-2-1-3-10(4-8)13(15,16)17/h1-7H. The predicted molar refractivity (Wildman–Crippen MR) is 59.1 cm³/mol. The summed E-state index contributed by atoms with van der Waals surface area (Å²) in [5, 5.41) is 0. The molecule has 0 unspecified atom stereocenters. The monoisotopic (exact) mass is 269 g/mol. The number of carbonyl (C=O) groups excluding carboxylic acids is 1. The Balaban J connectivity index is 2.40. The number of rotatable bonds is 2. The molecule has 0 bridgehead atoms. The summed E-state index contributed by atoms with van der Waals surface area (Å²) in [5.74, 6) is -1.43. The average Bonchev–Trinajstić information content (AvgIpc) is 2.37. The van der Waals surface area contributed by atoms with Crippen molar-refractivity contribution in [2.24, 2.45) is 0 Å². The van der Waals surface area contributed by atoms with Crippen LogP contribution in [0, 0.1) is 5.82 Å². The van der Waals surface area contributed by atoms with Gasteiger partial charge in [0.1, 0.15) is 5.82 Å². The topological polar surface area (TPSA) is 30.0 Å². The highest BCUT2D eigenvalue weighted by molar-refractivity contribution is 6.08. The van der Waals surface area contributed by atoms with Gasteiger partial charge in [0.25, 0.3) is 0 Å². The van der Waals surface area contributed by atoms with E-state index in [-0.39, 0.29) is 11.1 Å². The van der Waals surface area contributed by atoms with Crippen LogP contribution in [0.1, 0.15) is 21.5 Å². The number of hydrogen-bond acceptors (Lipinski definition) is 2. The number of alkyl halides is 3. The molecular weight excluding hydrogens is 262 g/mol. The lowest BCUT2D eigenvalue weighted by Gasteiger charge is -2.08. The van der Waals surface area contributed by atoms with Gasteiger partial charge in [-0.25, -0.2) is 4.39 Å². The number of pyridine rings is 1. The molecule has 0 aliphatic carbocycles. The first-order valence-electron chi connectivity index (χ1n) is 5.20. The van der Waals surface area contributed by atoms with Crippen molar-refractivity contribution in [3.05, 3.63) is 65.2 Å².